The molecule has 0 spiro atoms. The molecule has 0 aliphatic heterocycles. The molecular formula is C12H15N2O6-. The summed E-state index contributed by atoms with van der Waals surface area (Å²) in [5, 5.41) is 40.1. The van der Waals surface area contributed by atoms with Gasteiger partial charge in [0.1, 0.15) is 6.10 Å². The minimum absolute atomic E-state index is 0.0644. The predicted octanol–water partition coefficient (Wildman–Crippen LogP) is 0.393. The highest BCUT2D eigenvalue weighted by molar-refractivity contribution is 5.84. The summed E-state index contributed by atoms with van der Waals surface area (Å²) in [6.07, 6.45) is -1.39. The standard InChI is InChI=1S/C12H15N2O6/c1-2-9(15)13-10(12(17)18)11(16)7-3-5-8(6-4-7)14(19)20/h3-6,10-11,16,19H,2H2,1H3,(H,13,15)(H,17,18)/q-1. The van der Waals surface area contributed by atoms with Crippen molar-refractivity contribution < 1.29 is 25.0 Å². The number of hydrogen-bond acceptors (Lipinski definition) is 6. The predicted molar refractivity (Wildman–Crippen MR) is 68.9 cm³/mol. The van der Waals surface area contributed by atoms with E-state index in [4.69, 9.17) is 10.3 Å². The maximum Gasteiger partial charge on any atom is 0.329 e. The number of aliphatic carboxylic acids is 1. The van der Waals surface area contributed by atoms with E-state index in [-0.39, 0.29) is 22.9 Å². The number of aliphatic hydroxyl groups excluding tert-OH is 1. The fourth-order valence-corrected chi connectivity index (χ4v) is 1.54. The van der Waals surface area contributed by atoms with Gasteiger partial charge in [0.25, 0.3) is 0 Å². The molecule has 4 N–H and O–H groups in total. The van der Waals surface area contributed by atoms with Crippen molar-refractivity contribution >= 4 is 17.6 Å². The Balaban J connectivity index is 2.91. The summed E-state index contributed by atoms with van der Waals surface area (Å²) in [5.41, 5.74) is 0.129. The molecule has 0 aliphatic carbocycles. The highest BCUT2D eigenvalue weighted by atomic mass is 16.8. The number of anilines is 1. The number of rotatable bonds is 6. The van der Waals surface area contributed by atoms with E-state index in [2.05, 4.69) is 5.32 Å². The van der Waals surface area contributed by atoms with Gasteiger partial charge in [0.15, 0.2) is 6.04 Å². The molecule has 0 aliphatic rings. The lowest BCUT2D eigenvalue weighted by Crippen LogP contribution is -2.44. The number of carbonyl (C=O) groups is 2. The van der Waals surface area contributed by atoms with Crippen LogP contribution >= 0.6 is 0 Å². The van der Waals surface area contributed by atoms with Crippen LogP contribution in [0.25, 0.3) is 0 Å². The third-order valence-corrected chi connectivity index (χ3v) is 2.67. The molecule has 1 rings (SSSR count). The van der Waals surface area contributed by atoms with Gasteiger partial charge >= 0.3 is 5.97 Å². The van der Waals surface area contributed by atoms with Crippen LogP contribution < -0.4 is 10.5 Å². The van der Waals surface area contributed by atoms with Crippen molar-refractivity contribution in [3.05, 3.63) is 35.0 Å². The number of benzene rings is 1. The summed E-state index contributed by atoms with van der Waals surface area (Å²) < 4.78 is 0. The molecular weight excluding hydrogens is 268 g/mol. The Morgan fingerprint density at radius 2 is 1.90 bits per heavy atom. The van der Waals surface area contributed by atoms with Gasteiger partial charge in [0, 0.05) is 6.42 Å². The van der Waals surface area contributed by atoms with Crippen molar-refractivity contribution in [1.82, 2.24) is 5.32 Å². The van der Waals surface area contributed by atoms with Gasteiger partial charge in [0.2, 0.25) is 5.91 Å². The first kappa shape index (κ1) is 15.9. The molecule has 1 aromatic carbocycles. The average molecular weight is 283 g/mol. The minimum Gasteiger partial charge on any atom is -0.733 e. The van der Waals surface area contributed by atoms with Crippen LogP contribution in [0.5, 0.6) is 0 Å². The van der Waals surface area contributed by atoms with Crippen LogP contribution in [0.1, 0.15) is 25.0 Å². The Labute approximate surface area is 114 Å². The summed E-state index contributed by atoms with van der Waals surface area (Å²) in [4.78, 5) is 22.3. The maximum atomic E-state index is 11.2. The molecule has 2 unspecified atom stereocenters. The van der Waals surface area contributed by atoms with E-state index in [0.29, 0.717) is 0 Å². The van der Waals surface area contributed by atoms with Crippen LogP contribution in [0.15, 0.2) is 24.3 Å². The fourth-order valence-electron chi connectivity index (χ4n) is 1.54. The van der Waals surface area contributed by atoms with Crippen LogP contribution in [0.2, 0.25) is 0 Å². The molecule has 1 amide bonds. The molecule has 0 fully saturated rings. The van der Waals surface area contributed by atoms with Crippen molar-refractivity contribution in [3.63, 3.8) is 0 Å². The Kier molecular flexibility index (Phi) is 5.44. The second kappa shape index (κ2) is 6.85. The van der Waals surface area contributed by atoms with E-state index in [0.717, 1.165) is 0 Å². The lowest BCUT2D eigenvalue weighted by atomic mass is 10.0. The number of carbonyl (C=O) groups excluding carboxylic acids is 1. The monoisotopic (exact) mass is 283 g/mol. The van der Waals surface area contributed by atoms with Gasteiger partial charge in [-0.05, 0) is 17.7 Å². The quantitative estimate of drug-likeness (QED) is 0.555. The van der Waals surface area contributed by atoms with Gasteiger partial charge in [-0.15, -0.1) is 0 Å². The molecule has 8 nitrogen and oxygen atoms in total. The highest BCUT2D eigenvalue weighted by Crippen LogP contribution is 2.21. The Morgan fingerprint density at radius 3 is 2.30 bits per heavy atom. The average Bonchev–Trinajstić information content (AvgIpc) is 2.43. The van der Waals surface area contributed by atoms with E-state index in [1.165, 1.54) is 24.3 Å². The van der Waals surface area contributed by atoms with Crippen molar-refractivity contribution in [2.45, 2.75) is 25.5 Å². The van der Waals surface area contributed by atoms with Crippen molar-refractivity contribution in [3.8, 4) is 0 Å². The van der Waals surface area contributed by atoms with Gasteiger partial charge in [0.05, 0.1) is 5.69 Å². The highest BCUT2D eigenvalue weighted by Gasteiger charge is 2.29. The normalized spacial score (nSPS) is 13.4. The maximum absolute atomic E-state index is 11.2. The summed E-state index contributed by atoms with van der Waals surface area (Å²) in [6, 6.07) is 3.51. The van der Waals surface area contributed by atoms with Crippen LogP contribution in [-0.2, 0) is 9.59 Å². The van der Waals surface area contributed by atoms with Crippen molar-refractivity contribution in [2.24, 2.45) is 0 Å². The Morgan fingerprint density at radius 1 is 1.35 bits per heavy atom. The van der Waals surface area contributed by atoms with E-state index in [1.807, 2.05) is 0 Å². The van der Waals surface area contributed by atoms with Gasteiger partial charge in [-0.1, -0.05) is 19.1 Å². The van der Waals surface area contributed by atoms with E-state index in [9.17, 15) is 19.9 Å². The number of aliphatic hydroxyl groups is 1. The topological polar surface area (TPSA) is 133 Å². The minimum atomic E-state index is -1.49. The summed E-state index contributed by atoms with van der Waals surface area (Å²) in [5.74, 6) is -1.88. The molecule has 110 valence electrons. The molecule has 0 heterocycles. The van der Waals surface area contributed by atoms with Crippen molar-refractivity contribution in [1.29, 1.82) is 0 Å². The number of carboxylic acid groups (broad SMARTS) is 1. The lowest BCUT2D eigenvalue weighted by molar-refractivity contribution is -0.145. The summed E-state index contributed by atoms with van der Waals surface area (Å²) in [6.45, 7) is 1.56. The largest absolute Gasteiger partial charge is 0.733 e. The molecule has 0 radical (unpaired) electrons. The second-order valence-electron chi connectivity index (χ2n) is 4.05. The molecule has 20 heavy (non-hydrogen) atoms. The number of amides is 1. The van der Waals surface area contributed by atoms with Crippen LogP contribution in [0, 0.1) is 5.21 Å². The zero-order chi connectivity index (χ0) is 15.3. The third kappa shape index (κ3) is 3.92. The fraction of sp³-hybridized carbons (Fsp3) is 0.333. The molecule has 2 atom stereocenters. The SMILES string of the molecule is CCC(=O)NC(C(=O)O)C(O)c1ccc(N([O-])O)cc1. The summed E-state index contributed by atoms with van der Waals surface area (Å²) in [7, 11) is 0. The molecule has 8 heteroatoms. The van der Waals surface area contributed by atoms with E-state index < -0.39 is 24.0 Å². The van der Waals surface area contributed by atoms with Crippen LogP contribution in [-0.4, -0.2) is 33.3 Å². The van der Waals surface area contributed by atoms with Gasteiger partial charge in [-0.3, -0.25) is 10.0 Å². The number of nitrogens with zero attached hydrogens (tertiary/aromatic N) is 1. The number of hydrogen-bond donors (Lipinski definition) is 4. The first-order chi connectivity index (χ1) is 9.36. The van der Waals surface area contributed by atoms with Gasteiger partial charge in [-0.25, -0.2) is 4.79 Å². The third-order valence-electron chi connectivity index (χ3n) is 2.67. The smallest absolute Gasteiger partial charge is 0.329 e. The summed E-state index contributed by atoms with van der Waals surface area (Å²) >= 11 is 0. The first-order valence-electron chi connectivity index (χ1n) is 5.83. The molecule has 0 saturated carbocycles. The molecule has 0 bridgehead atoms. The molecule has 0 aromatic heterocycles. The second-order valence-corrected chi connectivity index (χ2v) is 4.05. The van der Waals surface area contributed by atoms with Gasteiger partial charge < -0.3 is 26.0 Å². The van der Waals surface area contributed by atoms with E-state index in [1.54, 1.807) is 6.92 Å². The van der Waals surface area contributed by atoms with E-state index >= 15 is 0 Å². The zero-order valence-electron chi connectivity index (χ0n) is 10.7. The zero-order valence-corrected chi connectivity index (χ0v) is 10.7. The molecule has 0 saturated heterocycles. The Bertz CT molecular complexity index is 473. The van der Waals surface area contributed by atoms with Crippen LogP contribution in [0.3, 0.4) is 0 Å². The number of nitrogens with one attached hydrogen (secondary N) is 1. The first-order valence-corrected chi connectivity index (χ1v) is 5.83. The Hall–Kier alpha value is -2.16. The van der Waals surface area contributed by atoms with Crippen molar-refractivity contribution in [2.75, 3.05) is 5.23 Å². The number of carboxylic acids is 1. The molecule has 1 aromatic rings. The van der Waals surface area contributed by atoms with Gasteiger partial charge in [-0.2, -0.15) is 0 Å². The lowest BCUT2D eigenvalue weighted by Gasteiger charge is -2.23. The van der Waals surface area contributed by atoms with Crippen LogP contribution in [0.4, 0.5) is 5.69 Å².